The maximum absolute atomic E-state index is 5.62. The van der Waals surface area contributed by atoms with Gasteiger partial charge in [-0.3, -0.25) is 0 Å². The van der Waals surface area contributed by atoms with Crippen molar-refractivity contribution in [3.8, 4) is 0 Å². The molecule has 0 aromatic rings. The van der Waals surface area contributed by atoms with Gasteiger partial charge in [0.15, 0.2) is 0 Å². The van der Waals surface area contributed by atoms with Gasteiger partial charge in [0, 0.05) is 5.40 Å². The van der Waals surface area contributed by atoms with Gasteiger partial charge in [0.2, 0.25) is 0 Å². The number of ether oxygens (including phenoxy) is 1. The van der Waals surface area contributed by atoms with Crippen molar-refractivity contribution in [2.75, 3.05) is 0 Å². The SMILES string of the molecule is BC(B)(C)OC(C)(C)C. The molecule has 0 saturated carbocycles. The summed E-state index contributed by atoms with van der Waals surface area (Å²) in [5, 5.41) is -0.0156. The van der Waals surface area contributed by atoms with E-state index in [1.54, 1.807) is 0 Å². The lowest BCUT2D eigenvalue weighted by atomic mass is 9.66. The molecule has 0 amide bonds. The van der Waals surface area contributed by atoms with E-state index in [4.69, 9.17) is 4.74 Å². The van der Waals surface area contributed by atoms with E-state index in [0.717, 1.165) is 0 Å². The van der Waals surface area contributed by atoms with E-state index < -0.39 is 0 Å². The van der Waals surface area contributed by atoms with Crippen LogP contribution in [-0.4, -0.2) is 26.7 Å². The van der Waals surface area contributed by atoms with Crippen molar-refractivity contribution in [3.05, 3.63) is 0 Å². The minimum Gasteiger partial charge on any atom is -0.387 e. The summed E-state index contributed by atoms with van der Waals surface area (Å²) in [5.41, 5.74) is -0.0156. The number of rotatable bonds is 1. The summed E-state index contributed by atoms with van der Waals surface area (Å²) >= 11 is 0. The second-order valence-electron chi connectivity index (χ2n) is 4.33. The Labute approximate surface area is 60.0 Å². The van der Waals surface area contributed by atoms with E-state index in [0.29, 0.717) is 0 Å². The van der Waals surface area contributed by atoms with Crippen molar-refractivity contribution in [2.24, 2.45) is 0 Å². The molecule has 0 heterocycles. The van der Waals surface area contributed by atoms with Gasteiger partial charge in [-0.15, -0.1) is 0 Å². The zero-order valence-electron chi connectivity index (χ0n) is 7.41. The molecule has 1 nitrogen and oxygen atoms in total. The fourth-order valence-corrected chi connectivity index (χ4v) is 0.919. The lowest BCUT2D eigenvalue weighted by molar-refractivity contribution is -0.0361. The van der Waals surface area contributed by atoms with Gasteiger partial charge in [0.05, 0.1) is 5.60 Å². The van der Waals surface area contributed by atoms with E-state index in [1.165, 1.54) is 0 Å². The predicted octanol–water partition coefficient (Wildman–Crippen LogP) is -0.259. The molecule has 0 aromatic heterocycles. The van der Waals surface area contributed by atoms with Crippen molar-refractivity contribution < 1.29 is 4.74 Å². The average molecular weight is 126 g/mol. The van der Waals surface area contributed by atoms with Crippen LogP contribution in [0, 0.1) is 0 Å². The van der Waals surface area contributed by atoms with Gasteiger partial charge in [-0.1, -0.05) is 6.92 Å². The van der Waals surface area contributed by atoms with Gasteiger partial charge in [-0.2, -0.15) is 0 Å². The molecule has 0 N–H and O–H groups in total. The molecular formula is C6H16B2O. The summed E-state index contributed by atoms with van der Waals surface area (Å²) in [6.07, 6.45) is 0. The number of hydrogen-bond donors (Lipinski definition) is 0. The fraction of sp³-hybridized carbons (Fsp3) is 1.00. The summed E-state index contributed by atoms with van der Waals surface area (Å²) < 4.78 is 5.62. The van der Waals surface area contributed by atoms with Crippen LogP contribution in [0.3, 0.4) is 0 Å². The maximum Gasteiger partial charge on any atom is 0.131 e. The molecule has 9 heavy (non-hydrogen) atoms. The van der Waals surface area contributed by atoms with Crippen LogP contribution >= 0.6 is 0 Å². The Morgan fingerprint density at radius 3 is 1.33 bits per heavy atom. The van der Waals surface area contributed by atoms with Gasteiger partial charge >= 0.3 is 0 Å². The molecule has 0 rings (SSSR count). The lowest BCUT2D eigenvalue weighted by Crippen LogP contribution is -2.38. The van der Waals surface area contributed by atoms with Gasteiger partial charge < -0.3 is 4.74 Å². The third-order valence-electron chi connectivity index (χ3n) is 0.612. The standard InChI is InChI=1S/C6H16B2O/c1-5(2,3)9-6(4,7)8/h7-8H2,1-4H3. The summed E-state index contributed by atoms with van der Waals surface area (Å²) in [6, 6.07) is 0. The molecule has 52 valence electrons. The van der Waals surface area contributed by atoms with Crippen LogP contribution in [0.25, 0.3) is 0 Å². The molecule has 0 spiro atoms. The van der Waals surface area contributed by atoms with E-state index in [1.807, 2.05) is 0 Å². The molecule has 0 bridgehead atoms. The molecule has 0 radical (unpaired) electrons. The molecule has 0 atom stereocenters. The van der Waals surface area contributed by atoms with E-state index in [2.05, 4.69) is 43.4 Å². The van der Waals surface area contributed by atoms with Crippen LogP contribution in [0.5, 0.6) is 0 Å². The zero-order chi connectivity index (χ0) is 7.71. The lowest BCUT2D eigenvalue weighted by Gasteiger charge is -2.30. The van der Waals surface area contributed by atoms with Crippen molar-refractivity contribution in [1.82, 2.24) is 0 Å². The van der Waals surface area contributed by atoms with Crippen molar-refractivity contribution in [3.63, 3.8) is 0 Å². The third-order valence-corrected chi connectivity index (χ3v) is 0.612. The monoisotopic (exact) mass is 126 g/mol. The quantitative estimate of drug-likeness (QED) is 0.439. The molecule has 0 aromatic carbocycles. The van der Waals surface area contributed by atoms with Gasteiger partial charge in [-0.25, -0.2) is 0 Å². The van der Waals surface area contributed by atoms with Crippen LogP contribution < -0.4 is 0 Å². The molecule has 3 heteroatoms. The molecule has 0 unspecified atom stereocenters. The highest BCUT2D eigenvalue weighted by Crippen LogP contribution is 2.13. The second kappa shape index (κ2) is 2.37. The molecule has 0 saturated heterocycles. The molecular weight excluding hydrogens is 110 g/mol. The Hall–Kier alpha value is 0.0899. The van der Waals surface area contributed by atoms with E-state index in [9.17, 15) is 0 Å². The highest BCUT2D eigenvalue weighted by Gasteiger charge is 2.19. The topological polar surface area (TPSA) is 9.23 Å². The predicted molar refractivity (Wildman–Crippen MR) is 46.3 cm³/mol. The first kappa shape index (κ1) is 9.09. The summed E-state index contributed by atoms with van der Waals surface area (Å²) in [6.45, 7) is 8.27. The van der Waals surface area contributed by atoms with Crippen molar-refractivity contribution in [1.29, 1.82) is 0 Å². The Bertz CT molecular complexity index is 76.2. The normalized spacial score (nSPS) is 13.8. The smallest absolute Gasteiger partial charge is 0.131 e. The van der Waals surface area contributed by atoms with Gasteiger partial charge in [0.1, 0.15) is 15.7 Å². The molecule has 0 fully saturated rings. The summed E-state index contributed by atoms with van der Waals surface area (Å²) in [5.74, 6) is 0. The van der Waals surface area contributed by atoms with E-state index in [-0.39, 0.29) is 11.0 Å². The van der Waals surface area contributed by atoms with Crippen LogP contribution in [0.2, 0.25) is 0 Å². The van der Waals surface area contributed by atoms with Crippen LogP contribution in [0.1, 0.15) is 27.7 Å². The van der Waals surface area contributed by atoms with Crippen LogP contribution in [0.4, 0.5) is 0 Å². The first-order chi connectivity index (χ1) is 3.71. The minimum atomic E-state index is -0.0156. The first-order valence-electron chi connectivity index (χ1n) is 3.41. The second-order valence-corrected chi connectivity index (χ2v) is 4.33. The Kier molecular flexibility index (Phi) is 2.40. The zero-order valence-corrected chi connectivity index (χ0v) is 7.41. The minimum absolute atomic E-state index is 0.0156. The average Bonchev–Trinajstić information content (AvgIpc) is 1.14. The van der Waals surface area contributed by atoms with Crippen LogP contribution in [0.15, 0.2) is 0 Å². The van der Waals surface area contributed by atoms with Crippen LogP contribution in [-0.2, 0) is 4.74 Å². The Morgan fingerprint density at radius 1 is 1.00 bits per heavy atom. The molecule has 0 aliphatic carbocycles. The van der Waals surface area contributed by atoms with Crippen molar-refractivity contribution >= 4 is 15.7 Å². The third kappa shape index (κ3) is 8.09. The Morgan fingerprint density at radius 2 is 1.33 bits per heavy atom. The highest BCUT2D eigenvalue weighted by molar-refractivity contribution is 6.38. The molecule has 0 aliphatic heterocycles. The van der Waals surface area contributed by atoms with Gasteiger partial charge in [-0.05, 0) is 20.8 Å². The summed E-state index contributed by atoms with van der Waals surface area (Å²) in [7, 11) is 4.14. The maximum atomic E-state index is 5.62. The Balaban J connectivity index is 3.75. The largest absolute Gasteiger partial charge is 0.387 e. The molecule has 0 aliphatic rings. The van der Waals surface area contributed by atoms with Gasteiger partial charge in [0.25, 0.3) is 0 Å². The number of hydrogen-bond acceptors (Lipinski definition) is 1. The van der Waals surface area contributed by atoms with E-state index >= 15 is 0 Å². The first-order valence-corrected chi connectivity index (χ1v) is 3.41. The fourth-order valence-electron chi connectivity index (χ4n) is 0.919. The van der Waals surface area contributed by atoms with Crippen molar-refractivity contribution in [2.45, 2.75) is 38.7 Å². The summed E-state index contributed by atoms with van der Waals surface area (Å²) in [4.78, 5) is 0. The highest BCUT2D eigenvalue weighted by atomic mass is 16.5.